The highest BCUT2D eigenvalue weighted by Gasteiger charge is 2.36. The molecule has 41 heavy (non-hydrogen) atoms. The smallest absolute Gasteiger partial charge is 0.230 e. The maximum atomic E-state index is 13.9. The molecule has 1 amide bonds. The Morgan fingerprint density at radius 1 is 0.951 bits per heavy atom. The van der Waals surface area contributed by atoms with Crippen LogP contribution >= 0.6 is 0 Å². The van der Waals surface area contributed by atoms with Crippen molar-refractivity contribution in [2.45, 2.75) is 77.3 Å². The molecule has 3 aliphatic rings. The molecule has 0 radical (unpaired) electrons. The highest BCUT2D eigenvalue weighted by molar-refractivity contribution is 5.96. The van der Waals surface area contributed by atoms with E-state index in [1.54, 1.807) is 19.1 Å². The lowest BCUT2D eigenvalue weighted by molar-refractivity contribution is -0.123. The van der Waals surface area contributed by atoms with E-state index in [1.165, 1.54) is 24.8 Å². The molecule has 2 heterocycles. The third kappa shape index (κ3) is 7.92. The van der Waals surface area contributed by atoms with E-state index >= 15 is 0 Å². The minimum Gasteiger partial charge on any atom is -0.312 e. The van der Waals surface area contributed by atoms with Crippen molar-refractivity contribution < 1.29 is 14.0 Å². The van der Waals surface area contributed by atoms with Gasteiger partial charge in [-0.05, 0) is 126 Å². The van der Waals surface area contributed by atoms with Crippen LogP contribution in [0, 0.1) is 17.7 Å². The molecule has 6 heteroatoms. The Hall–Kier alpha value is -2.83. The number of hydrogen-bond acceptors (Lipinski definition) is 4. The fourth-order valence-corrected chi connectivity index (χ4v) is 7.24. The summed E-state index contributed by atoms with van der Waals surface area (Å²) in [5.41, 5.74) is 3.05. The van der Waals surface area contributed by atoms with Crippen molar-refractivity contribution in [1.82, 2.24) is 9.80 Å². The average Bonchev–Trinajstić information content (AvgIpc) is 2.96. The summed E-state index contributed by atoms with van der Waals surface area (Å²) in [5, 5.41) is 0. The van der Waals surface area contributed by atoms with Gasteiger partial charge in [0, 0.05) is 37.3 Å². The van der Waals surface area contributed by atoms with Gasteiger partial charge in [-0.25, -0.2) is 4.39 Å². The van der Waals surface area contributed by atoms with Crippen LogP contribution in [0.5, 0.6) is 0 Å². The van der Waals surface area contributed by atoms with Crippen LogP contribution in [0.4, 0.5) is 10.1 Å². The number of ketones is 1. The number of likely N-dealkylation sites (tertiary alicyclic amines) is 2. The molecule has 3 unspecified atom stereocenters. The van der Waals surface area contributed by atoms with Crippen LogP contribution in [0.25, 0.3) is 0 Å². The van der Waals surface area contributed by atoms with Gasteiger partial charge in [-0.2, -0.15) is 0 Å². The summed E-state index contributed by atoms with van der Waals surface area (Å²) >= 11 is 0. The lowest BCUT2D eigenvalue weighted by Crippen LogP contribution is -2.53. The predicted octanol–water partition coefficient (Wildman–Crippen LogP) is 6.63. The van der Waals surface area contributed by atoms with Crippen LogP contribution in [-0.4, -0.2) is 60.3 Å². The first-order chi connectivity index (χ1) is 20.0. The Morgan fingerprint density at radius 3 is 2.54 bits per heavy atom. The number of rotatable bonds is 9. The zero-order valence-electron chi connectivity index (χ0n) is 24.6. The van der Waals surface area contributed by atoms with Gasteiger partial charge in [0.25, 0.3) is 0 Å². The number of amides is 1. The minimum absolute atomic E-state index is 0.0386. The monoisotopic (exact) mass is 559 g/mol. The number of fused-ring (bicyclic) bond motifs is 1. The van der Waals surface area contributed by atoms with E-state index in [1.807, 2.05) is 47.4 Å². The van der Waals surface area contributed by atoms with Gasteiger partial charge < -0.3 is 9.80 Å². The molecule has 0 bridgehead atoms. The third-order valence-electron chi connectivity index (χ3n) is 9.47. The summed E-state index contributed by atoms with van der Waals surface area (Å²) in [6.07, 6.45) is 10.8. The van der Waals surface area contributed by atoms with Crippen molar-refractivity contribution in [3.05, 3.63) is 77.6 Å². The molecule has 0 N–H and O–H groups in total. The van der Waals surface area contributed by atoms with E-state index in [2.05, 4.69) is 15.9 Å². The molecule has 0 saturated carbocycles. The average molecular weight is 560 g/mol. The third-order valence-corrected chi connectivity index (χ3v) is 9.47. The fraction of sp³-hybridized carbons (Fsp3) is 0.543. The first-order valence-electron chi connectivity index (χ1n) is 15.7. The Kier molecular flexibility index (Phi) is 10.4. The molecule has 3 atom stereocenters. The van der Waals surface area contributed by atoms with E-state index in [4.69, 9.17) is 0 Å². The first-order valence-corrected chi connectivity index (χ1v) is 15.7. The zero-order chi connectivity index (χ0) is 28.6. The summed E-state index contributed by atoms with van der Waals surface area (Å²) in [6.45, 7) is 7.59. The van der Waals surface area contributed by atoms with Gasteiger partial charge in [0.15, 0.2) is 5.78 Å². The number of allylic oxidation sites excluding steroid dienone is 2. The van der Waals surface area contributed by atoms with Gasteiger partial charge in [-0.3, -0.25) is 14.5 Å². The van der Waals surface area contributed by atoms with Crippen molar-refractivity contribution in [3.8, 4) is 0 Å². The van der Waals surface area contributed by atoms with Crippen LogP contribution in [0.3, 0.4) is 0 Å². The molecule has 0 spiro atoms. The number of piperidine rings is 2. The van der Waals surface area contributed by atoms with Crippen LogP contribution in [0.15, 0.2) is 66.2 Å². The molecule has 1 aliphatic carbocycles. The number of para-hydroxylation sites is 1. The van der Waals surface area contributed by atoms with Crippen molar-refractivity contribution in [2.24, 2.45) is 11.8 Å². The van der Waals surface area contributed by atoms with Crippen LogP contribution in [0.1, 0.15) is 70.3 Å². The SMILES string of the molecule is CC(=O)C1=CCCCC(C(=O)N(CCCN2CCC3C(CCCN3Cc3ccc(F)cc3)C2)c2ccccc2)CC1. The van der Waals surface area contributed by atoms with Crippen molar-refractivity contribution >= 4 is 17.4 Å². The molecular formula is C35H46FN3O2. The Morgan fingerprint density at radius 2 is 1.76 bits per heavy atom. The summed E-state index contributed by atoms with van der Waals surface area (Å²) in [5.74, 6) is 0.809. The summed E-state index contributed by atoms with van der Waals surface area (Å²) < 4.78 is 13.4. The fourth-order valence-electron chi connectivity index (χ4n) is 7.24. The van der Waals surface area contributed by atoms with E-state index in [0.717, 1.165) is 82.6 Å². The van der Waals surface area contributed by atoms with E-state index < -0.39 is 0 Å². The van der Waals surface area contributed by atoms with Gasteiger partial charge >= 0.3 is 0 Å². The first kappa shape index (κ1) is 29.7. The number of hydrogen-bond donors (Lipinski definition) is 0. The Bertz CT molecular complexity index is 1180. The van der Waals surface area contributed by atoms with Gasteiger partial charge in [0.05, 0.1) is 0 Å². The highest BCUT2D eigenvalue weighted by Crippen LogP contribution is 2.32. The molecule has 2 saturated heterocycles. The zero-order valence-corrected chi connectivity index (χ0v) is 24.6. The number of Topliss-reactive ketones (excluding diaryl/α,β-unsaturated/α-hetero) is 1. The number of carbonyl (C=O) groups is 2. The van der Waals surface area contributed by atoms with Crippen LogP contribution in [-0.2, 0) is 16.1 Å². The topological polar surface area (TPSA) is 43.9 Å². The van der Waals surface area contributed by atoms with Crippen molar-refractivity contribution in [3.63, 3.8) is 0 Å². The van der Waals surface area contributed by atoms with E-state index in [9.17, 15) is 14.0 Å². The number of nitrogens with zero attached hydrogens (tertiary/aromatic N) is 3. The van der Waals surface area contributed by atoms with Gasteiger partial charge in [0.2, 0.25) is 5.91 Å². The van der Waals surface area contributed by atoms with Gasteiger partial charge in [-0.1, -0.05) is 36.4 Å². The summed E-state index contributed by atoms with van der Waals surface area (Å²) in [6, 6.07) is 17.7. The molecule has 5 nitrogen and oxygen atoms in total. The maximum absolute atomic E-state index is 13.9. The molecule has 2 fully saturated rings. The standard InChI is InChI=1S/C35H46FN3O2/c1-27(40)29-9-5-6-10-30(17-16-29)35(41)39(33-12-3-2-4-13-33)23-8-21-37-24-20-34-31(26-37)11-7-22-38(34)25-28-14-18-32(36)19-15-28/h2-4,9,12-15,18-19,30-31,34H,5-8,10-11,16-17,20-26H2,1H3. The lowest BCUT2D eigenvalue weighted by atomic mass is 9.83. The molecule has 2 aromatic carbocycles. The molecular weight excluding hydrogens is 513 g/mol. The van der Waals surface area contributed by atoms with Gasteiger partial charge in [-0.15, -0.1) is 0 Å². The summed E-state index contributed by atoms with van der Waals surface area (Å²) in [4.78, 5) is 33.1. The van der Waals surface area contributed by atoms with Crippen molar-refractivity contribution in [1.29, 1.82) is 0 Å². The normalized spacial score (nSPS) is 24.0. The predicted molar refractivity (Wildman–Crippen MR) is 163 cm³/mol. The number of carbonyl (C=O) groups excluding carboxylic acids is 2. The second-order valence-electron chi connectivity index (χ2n) is 12.3. The van der Waals surface area contributed by atoms with E-state index in [0.29, 0.717) is 18.4 Å². The Balaban J connectivity index is 1.16. The van der Waals surface area contributed by atoms with Crippen LogP contribution < -0.4 is 4.90 Å². The van der Waals surface area contributed by atoms with Gasteiger partial charge in [0.1, 0.15) is 5.82 Å². The number of anilines is 1. The van der Waals surface area contributed by atoms with E-state index in [-0.39, 0.29) is 23.4 Å². The lowest BCUT2D eigenvalue weighted by Gasteiger charge is -2.47. The maximum Gasteiger partial charge on any atom is 0.230 e. The number of benzene rings is 2. The summed E-state index contributed by atoms with van der Waals surface area (Å²) in [7, 11) is 0. The van der Waals surface area contributed by atoms with Crippen LogP contribution in [0.2, 0.25) is 0 Å². The quantitative estimate of drug-likeness (QED) is 0.346. The molecule has 220 valence electrons. The van der Waals surface area contributed by atoms with Crippen molar-refractivity contribution in [2.75, 3.05) is 37.6 Å². The second-order valence-corrected chi connectivity index (χ2v) is 12.3. The molecule has 0 aromatic heterocycles. The Labute approximate surface area is 245 Å². The highest BCUT2D eigenvalue weighted by atomic mass is 19.1. The molecule has 2 aliphatic heterocycles. The largest absolute Gasteiger partial charge is 0.312 e. The molecule has 5 rings (SSSR count). The molecule has 2 aromatic rings. The minimum atomic E-state index is -0.171. The number of halogens is 1. The second kappa shape index (κ2) is 14.4.